The predicted octanol–water partition coefficient (Wildman–Crippen LogP) is 4.60. The van der Waals surface area contributed by atoms with E-state index in [4.69, 9.17) is 4.74 Å². The van der Waals surface area contributed by atoms with E-state index in [9.17, 15) is 4.79 Å². The van der Waals surface area contributed by atoms with Gasteiger partial charge in [0, 0.05) is 18.5 Å². The van der Waals surface area contributed by atoms with Crippen molar-refractivity contribution < 1.29 is 9.53 Å². The first kappa shape index (κ1) is 24.8. The van der Waals surface area contributed by atoms with Crippen molar-refractivity contribution in [2.24, 2.45) is 4.99 Å². The number of esters is 1. The van der Waals surface area contributed by atoms with Crippen molar-refractivity contribution in [2.45, 2.75) is 33.5 Å². The van der Waals surface area contributed by atoms with E-state index in [0.717, 1.165) is 21.8 Å². The zero-order valence-electron chi connectivity index (χ0n) is 17.8. The van der Waals surface area contributed by atoms with Crippen molar-refractivity contribution in [1.29, 1.82) is 0 Å². The molecule has 31 heavy (non-hydrogen) atoms. The summed E-state index contributed by atoms with van der Waals surface area (Å²) < 4.78 is 5.41. The van der Waals surface area contributed by atoms with Crippen LogP contribution in [0.15, 0.2) is 59.6 Å². The number of hydrogen-bond donors (Lipinski definition) is 2. The first-order chi connectivity index (χ1) is 14.5. The van der Waals surface area contributed by atoms with E-state index < -0.39 is 0 Å². The van der Waals surface area contributed by atoms with Gasteiger partial charge in [0.15, 0.2) is 5.96 Å². The average molecular weight is 550 g/mol. The zero-order chi connectivity index (χ0) is 21.3. The molecule has 3 rings (SSSR count). The molecule has 0 atom stereocenters. The van der Waals surface area contributed by atoms with E-state index in [1.54, 1.807) is 24.5 Å². The highest BCUT2D eigenvalue weighted by Crippen LogP contribution is 2.16. The molecule has 164 valence electrons. The fourth-order valence-corrected chi connectivity index (χ4v) is 3.67. The van der Waals surface area contributed by atoms with Gasteiger partial charge in [0.2, 0.25) is 0 Å². The number of thiazole rings is 1. The Labute approximate surface area is 204 Å². The van der Waals surface area contributed by atoms with Crippen molar-refractivity contribution in [2.75, 3.05) is 7.05 Å². The molecule has 1 aromatic heterocycles. The highest BCUT2D eigenvalue weighted by Gasteiger charge is 2.09. The van der Waals surface area contributed by atoms with Gasteiger partial charge in [0.1, 0.15) is 11.6 Å². The normalized spacial score (nSPS) is 10.9. The Morgan fingerprint density at radius 1 is 1.03 bits per heavy atom. The van der Waals surface area contributed by atoms with Crippen LogP contribution in [0.25, 0.3) is 0 Å². The Morgan fingerprint density at radius 2 is 1.74 bits per heavy atom. The molecule has 0 spiro atoms. The topological polar surface area (TPSA) is 75.6 Å². The monoisotopic (exact) mass is 550 g/mol. The second-order valence-electron chi connectivity index (χ2n) is 6.79. The van der Waals surface area contributed by atoms with Crippen molar-refractivity contribution in [1.82, 2.24) is 15.6 Å². The molecule has 3 aromatic rings. The highest BCUT2D eigenvalue weighted by molar-refractivity contribution is 14.0. The van der Waals surface area contributed by atoms with Gasteiger partial charge < -0.3 is 15.4 Å². The number of nitrogens with one attached hydrogen (secondary N) is 2. The van der Waals surface area contributed by atoms with E-state index in [1.807, 2.05) is 55.5 Å². The van der Waals surface area contributed by atoms with E-state index in [1.165, 1.54) is 4.88 Å². The van der Waals surface area contributed by atoms with Crippen LogP contribution in [0.2, 0.25) is 0 Å². The molecule has 0 saturated heterocycles. The van der Waals surface area contributed by atoms with Crippen LogP contribution in [0, 0.1) is 13.8 Å². The molecule has 0 unspecified atom stereocenters. The van der Waals surface area contributed by atoms with Gasteiger partial charge in [-0.05, 0) is 37.1 Å². The number of nitrogens with zero attached hydrogens (tertiary/aromatic N) is 2. The number of carbonyl (C=O) groups is 1. The minimum atomic E-state index is -0.335. The van der Waals surface area contributed by atoms with Gasteiger partial charge >= 0.3 is 5.97 Å². The van der Waals surface area contributed by atoms with E-state index in [0.29, 0.717) is 24.6 Å². The van der Waals surface area contributed by atoms with Crippen LogP contribution < -0.4 is 10.6 Å². The SMILES string of the molecule is CN=C(NCc1cccc(C(=O)OCc2ccccc2)c1)NCc1nc(C)c(C)s1.I. The fourth-order valence-electron chi connectivity index (χ4n) is 2.80. The Morgan fingerprint density at radius 3 is 2.42 bits per heavy atom. The summed E-state index contributed by atoms with van der Waals surface area (Å²) in [6.45, 7) is 5.50. The molecule has 1 heterocycles. The minimum absolute atomic E-state index is 0. The molecule has 0 aliphatic carbocycles. The number of guanidine groups is 1. The molecule has 2 aromatic carbocycles. The summed E-state index contributed by atoms with van der Waals surface area (Å²) in [5.74, 6) is 0.343. The quantitative estimate of drug-likeness (QED) is 0.195. The van der Waals surface area contributed by atoms with Crippen molar-refractivity contribution in [3.05, 3.63) is 86.9 Å². The summed E-state index contributed by atoms with van der Waals surface area (Å²) in [6, 6.07) is 17.1. The van der Waals surface area contributed by atoms with Gasteiger partial charge in [-0.3, -0.25) is 4.99 Å². The van der Waals surface area contributed by atoms with E-state index in [-0.39, 0.29) is 36.6 Å². The lowest BCUT2D eigenvalue weighted by Gasteiger charge is -2.12. The minimum Gasteiger partial charge on any atom is -0.457 e. The molecular weight excluding hydrogens is 523 g/mol. The van der Waals surface area contributed by atoms with Crippen LogP contribution in [0.3, 0.4) is 0 Å². The molecule has 0 amide bonds. The molecular formula is C23H27IN4O2S. The fraction of sp³-hybridized carbons (Fsp3) is 0.261. The highest BCUT2D eigenvalue weighted by atomic mass is 127. The lowest BCUT2D eigenvalue weighted by atomic mass is 10.1. The predicted molar refractivity (Wildman–Crippen MR) is 136 cm³/mol. The van der Waals surface area contributed by atoms with Crippen LogP contribution >= 0.6 is 35.3 Å². The third-order valence-electron chi connectivity index (χ3n) is 4.54. The molecule has 0 fully saturated rings. The maximum atomic E-state index is 12.4. The van der Waals surface area contributed by atoms with Crippen LogP contribution in [0.5, 0.6) is 0 Å². The first-order valence-corrected chi connectivity index (χ1v) is 10.5. The van der Waals surface area contributed by atoms with Gasteiger partial charge in [-0.2, -0.15) is 0 Å². The zero-order valence-corrected chi connectivity index (χ0v) is 21.0. The van der Waals surface area contributed by atoms with Crippen LogP contribution in [-0.4, -0.2) is 24.0 Å². The lowest BCUT2D eigenvalue weighted by molar-refractivity contribution is 0.0472. The summed E-state index contributed by atoms with van der Waals surface area (Å²) in [5.41, 5.74) is 3.52. The summed E-state index contributed by atoms with van der Waals surface area (Å²) in [7, 11) is 1.73. The molecule has 0 saturated carbocycles. The molecule has 8 heteroatoms. The number of aliphatic imine (C=N–C) groups is 1. The smallest absolute Gasteiger partial charge is 0.338 e. The van der Waals surface area contributed by atoms with Gasteiger partial charge in [-0.1, -0.05) is 42.5 Å². The van der Waals surface area contributed by atoms with Gasteiger partial charge in [-0.25, -0.2) is 9.78 Å². The standard InChI is InChI=1S/C23H26N4O2S.HI/c1-16-17(2)30-21(27-16)14-26-23(24-3)25-13-19-10-7-11-20(12-19)22(28)29-15-18-8-5-4-6-9-18;/h4-12H,13-15H2,1-3H3,(H2,24,25,26);1H. The summed E-state index contributed by atoms with van der Waals surface area (Å²) >= 11 is 1.68. The maximum absolute atomic E-state index is 12.4. The van der Waals surface area contributed by atoms with Crippen molar-refractivity contribution in [3.8, 4) is 0 Å². The van der Waals surface area contributed by atoms with Crippen molar-refractivity contribution >= 4 is 47.2 Å². The Bertz CT molecular complexity index is 1000. The third kappa shape index (κ3) is 7.62. The number of aryl methyl sites for hydroxylation is 2. The second-order valence-corrected chi connectivity index (χ2v) is 8.08. The molecule has 0 aliphatic rings. The summed E-state index contributed by atoms with van der Waals surface area (Å²) in [5, 5.41) is 7.56. The van der Waals surface area contributed by atoms with E-state index >= 15 is 0 Å². The Balaban J connectivity index is 0.00000341. The van der Waals surface area contributed by atoms with Gasteiger partial charge in [0.05, 0.1) is 17.8 Å². The van der Waals surface area contributed by atoms with Crippen molar-refractivity contribution in [3.63, 3.8) is 0 Å². The molecule has 6 nitrogen and oxygen atoms in total. The van der Waals surface area contributed by atoms with E-state index in [2.05, 4.69) is 27.5 Å². The number of benzene rings is 2. The molecule has 0 radical (unpaired) electrons. The maximum Gasteiger partial charge on any atom is 0.338 e. The molecule has 0 aliphatic heterocycles. The molecule has 2 N–H and O–H groups in total. The lowest BCUT2D eigenvalue weighted by Crippen LogP contribution is -2.36. The number of aromatic nitrogens is 1. The average Bonchev–Trinajstić information content (AvgIpc) is 3.10. The first-order valence-electron chi connectivity index (χ1n) is 9.72. The van der Waals surface area contributed by atoms with Crippen LogP contribution in [0.4, 0.5) is 0 Å². The van der Waals surface area contributed by atoms with Gasteiger partial charge in [0.25, 0.3) is 0 Å². The second kappa shape index (κ2) is 12.4. The number of carbonyl (C=O) groups excluding carboxylic acids is 1. The van der Waals surface area contributed by atoms with Crippen LogP contribution in [-0.2, 0) is 24.4 Å². The Hall–Kier alpha value is -2.46. The Kier molecular flexibility index (Phi) is 9.93. The van der Waals surface area contributed by atoms with Crippen LogP contribution in [0.1, 0.15) is 37.1 Å². The number of rotatable bonds is 7. The number of ether oxygens (including phenoxy) is 1. The van der Waals surface area contributed by atoms with Gasteiger partial charge in [-0.15, -0.1) is 35.3 Å². The largest absolute Gasteiger partial charge is 0.457 e. The molecule has 0 bridgehead atoms. The summed E-state index contributed by atoms with van der Waals surface area (Å²) in [6.07, 6.45) is 0. The number of hydrogen-bond acceptors (Lipinski definition) is 5. The number of halogens is 1. The third-order valence-corrected chi connectivity index (χ3v) is 5.61. The summed E-state index contributed by atoms with van der Waals surface area (Å²) in [4.78, 5) is 22.4.